The van der Waals surface area contributed by atoms with E-state index >= 15 is 14.4 Å². The molecule has 0 bridgehead atoms. The van der Waals surface area contributed by atoms with Crippen LogP contribution in [0, 0.1) is 17.8 Å². The van der Waals surface area contributed by atoms with Crippen molar-refractivity contribution >= 4 is 34.5 Å². The summed E-state index contributed by atoms with van der Waals surface area (Å²) in [5.41, 5.74) is 2.35. The van der Waals surface area contributed by atoms with Crippen LogP contribution in [0.3, 0.4) is 0 Å². The largest absolute Gasteiger partial charge is 0.491 e. The highest BCUT2D eigenvalue weighted by Gasteiger charge is 2.74. The molecule has 3 aliphatic heterocycles. The minimum absolute atomic E-state index is 0.00958. The minimum Gasteiger partial charge on any atom is -0.491 e. The molecule has 12 nitrogen and oxygen atoms in total. The fraction of sp³-hybridized carbons (Fsp3) is 0.308. The highest BCUT2D eigenvalue weighted by Crippen LogP contribution is 2.65. The Hall–Kier alpha value is -6.78. The molecule has 5 N–H and O–H groups in total. The molecular formula is C52H49N5O7. The normalized spacial score (nSPS) is 24.8. The molecule has 2 amide bonds. The van der Waals surface area contributed by atoms with Gasteiger partial charge in [0.05, 0.1) is 42.2 Å². The summed E-state index contributed by atoms with van der Waals surface area (Å²) in [5.74, 6) is 4.39. The summed E-state index contributed by atoms with van der Waals surface area (Å²) >= 11 is 0. The number of para-hydroxylation sites is 2. The summed E-state index contributed by atoms with van der Waals surface area (Å²) in [4.78, 5) is 56.4. The Balaban J connectivity index is 1.20. The van der Waals surface area contributed by atoms with Crippen molar-refractivity contribution in [2.24, 2.45) is 5.92 Å². The molecule has 1 aromatic heterocycles. The van der Waals surface area contributed by atoms with Crippen LogP contribution in [0.15, 0.2) is 127 Å². The molecule has 4 aliphatic rings. The minimum atomic E-state index is -1.76. The number of amides is 2. The number of fused-ring (bicyclic) bond motifs is 4. The highest BCUT2D eigenvalue weighted by atomic mass is 16.6. The number of aliphatic hydroxyl groups excluding tert-OH is 1. The average molecular weight is 856 g/mol. The van der Waals surface area contributed by atoms with Gasteiger partial charge in [0.1, 0.15) is 41.3 Å². The summed E-state index contributed by atoms with van der Waals surface area (Å²) in [7, 11) is 0. The highest BCUT2D eigenvalue weighted by molar-refractivity contribution is 6.12. The number of nitrogens with one attached hydrogen (secondary N) is 3. The molecule has 4 heterocycles. The number of carbonyl (C=O) groups excluding carboxylic acids is 3. The predicted octanol–water partition coefficient (Wildman–Crippen LogP) is 6.96. The van der Waals surface area contributed by atoms with E-state index in [1.165, 1.54) is 0 Å². The molecule has 5 aromatic carbocycles. The molecule has 1 spiro atoms. The number of H-pyrrole nitrogens is 1. The SMILES string of the molecule is O=C1OC(c2ccccc2)C(c2ccccc2)N2C1C(C(=O)NCc1nc3ccccc3[nH]1)C1(C(=O)Nc3ccc(C#CC4(O)CCCCCC4)cc31)C2c1cccc(OCCO)c1. The van der Waals surface area contributed by atoms with Crippen molar-refractivity contribution in [3.05, 3.63) is 161 Å². The van der Waals surface area contributed by atoms with Crippen LogP contribution in [-0.4, -0.2) is 67.7 Å². The van der Waals surface area contributed by atoms with E-state index in [9.17, 15) is 10.2 Å². The molecule has 10 rings (SSSR count). The Labute approximate surface area is 371 Å². The number of nitrogens with zero attached hydrogens (tertiary/aromatic N) is 2. The van der Waals surface area contributed by atoms with Gasteiger partial charge >= 0.3 is 5.97 Å². The van der Waals surface area contributed by atoms with Crippen LogP contribution in [0.2, 0.25) is 0 Å². The zero-order chi connectivity index (χ0) is 43.8. The Bertz CT molecular complexity index is 2740. The number of rotatable bonds is 9. The van der Waals surface area contributed by atoms with Crippen molar-refractivity contribution in [1.82, 2.24) is 20.2 Å². The number of morpholine rings is 1. The molecule has 3 fully saturated rings. The van der Waals surface area contributed by atoms with Crippen LogP contribution in [0.4, 0.5) is 5.69 Å². The number of carbonyl (C=O) groups is 3. The van der Waals surface area contributed by atoms with E-state index < -0.39 is 58.9 Å². The third kappa shape index (κ3) is 7.29. The van der Waals surface area contributed by atoms with Crippen LogP contribution >= 0.6 is 0 Å². The van der Waals surface area contributed by atoms with E-state index in [-0.39, 0.29) is 19.8 Å². The summed E-state index contributed by atoms with van der Waals surface area (Å²) < 4.78 is 12.5. The van der Waals surface area contributed by atoms with Crippen molar-refractivity contribution < 1.29 is 34.1 Å². The number of anilines is 1. The van der Waals surface area contributed by atoms with Crippen LogP contribution in [-0.2, 0) is 31.1 Å². The summed E-state index contributed by atoms with van der Waals surface area (Å²) in [6.45, 7) is -0.190. The maximum Gasteiger partial charge on any atom is 0.324 e. The first-order chi connectivity index (χ1) is 31.3. The molecule has 6 unspecified atom stereocenters. The number of ether oxygens (including phenoxy) is 2. The van der Waals surface area contributed by atoms with Gasteiger partial charge in [-0.1, -0.05) is 110 Å². The van der Waals surface area contributed by atoms with Crippen LogP contribution in [0.25, 0.3) is 11.0 Å². The van der Waals surface area contributed by atoms with Gasteiger partial charge in [0, 0.05) is 11.3 Å². The molecule has 0 radical (unpaired) electrons. The first-order valence-electron chi connectivity index (χ1n) is 22.1. The van der Waals surface area contributed by atoms with Gasteiger partial charge in [-0.3, -0.25) is 19.3 Å². The van der Waals surface area contributed by atoms with E-state index in [0.29, 0.717) is 46.8 Å². The molecule has 6 atom stereocenters. The lowest BCUT2D eigenvalue weighted by Gasteiger charge is -2.46. The van der Waals surface area contributed by atoms with Gasteiger partial charge in [-0.2, -0.15) is 0 Å². The maximum absolute atomic E-state index is 15.6. The zero-order valence-corrected chi connectivity index (χ0v) is 35.2. The molecule has 1 aliphatic carbocycles. The number of cyclic esters (lactones) is 1. The van der Waals surface area contributed by atoms with Crippen LogP contribution < -0.4 is 15.4 Å². The number of imidazole rings is 1. The Morgan fingerprint density at radius 2 is 1.56 bits per heavy atom. The summed E-state index contributed by atoms with van der Waals surface area (Å²) in [6.07, 6.45) is 4.15. The Kier molecular flexibility index (Phi) is 11.0. The molecule has 324 valence electrons. The maximum atomic E-state index is 15.6. The monoisotopic (exact) mass is 855 g/mol. The van der Waals surface area contributed by atoms with Crippen LogP contribution in [0.1, 0.15) is 90.4 Å². The quantitative estimate of drug-likeness (QED) is 0.0588. The topological polar surface area (TPSA) is 166 Å². The van der Waals surface area contributed by atoms with Crippen molar-refractivity contribution in [3.63, 3.8) is 0 Å². The number of aromatic nitrogens is 2. The van der Waals surface area contributed by atoms with E-state index in [2.05, 4.69) is 27.5 Å². The number of esters is 1. The number of benzene rings is 5. The summed E-state index contributed by atoms with van der Waals surface area (Å²) in [6, 6.07) is 36.6. The second-order valence-corrected chi connectivity index (χ2v) is 17.2. The lowest BCUT2D eigenvalue weighted by atomic mass is 9.65. The smallest absolute Gasteiger partial charge is 0.324 e. The number of hydrogen-bond donors (Lipinski definition) is 5. The van der Waals surface area contributed by atoms with Gasteiger partial charge in [-0.05, 0) is 90.4 Å². The van der Waals surface area contributed by atoms with Crippen molar-refractivity contribution in [2.75, 3.05) is 18.5 Å². The van der Waals surface area contributed by atoms with Gasteiger partial charge in [-0.15, -0.1) is 0 Å². The average Bonchev–Trinajstić information content (AvgIpc) is 3.92. The van der Waals surface area contributed by atoms with Crippen LogP contribution in [0.5, 0.6) is 5.75 Å². The lowest BCUT2D eigenvalue weighted by Crippen LogP contribution is -2.54. The zero-order valence-electron chi connectivity index (χ0n) is 35.2. The fourth-order valence-electron chi connectivity index (χ4n) is 10.6. The first-order valence-corrected chi connectivity index (χ1v) is 22.1. The Morgan fingerprint density at radius 3 is 2.31 bits per heavy atom. The van der Waals surface area contributed by atoms with Gasteiger partial charge in [-0.25, -0.2) is 4.98 Å². The van der Waals surface area contributed by atoms with E-state index in [1.807, 2.05) is 120 Å². The molecule has 64 heavy (non-hydrogen) atoms. The number of aliphatic hydroxyl groups is 2. The van der Waals surface area contributed by atoms with Crippen molar-refractivity contribution in [2.45, 2.75) is 80.3 Å². The summed E-state index contributed by atoms with van der Waals surface area (Å²) in [5, 5.41) is 27.6. The number of hydrogen-bond acceptors (Lipinski definition) is 9. The van der Waals surface area contributed by atoms with Gasteiger partial charge < -0.3 is 35.3 Å². The number of aromatic amines is 1. The Morgan fingerprint density at radius 1 is 0.844 bits per heavy atom. The molecule has 12 heteroatoms. The van der Waals surface area contributed by atoms with Gasteiger partial charge in [0.15, 0.2) is 0 Å². The molecule has 6 aromatic rings. The van der Waals surface area contributed by atoms with Gasteiger partial charge in [0.2, 0.25) is 11.8 Å². The lowest BCUT2D eigenvalue weighted by molar-refractivity contribution is -0.178. The van der Waals surface area contributed by atoms with Crippen molar-refractivity contribution in [3.8, 4) is 17.6 Å². The van der Waals surface area contributed by atoms with Crippen molar-refractivity contribution in [1.29, 1.82) is 0 Å². The molecule has 1 saturated carbocycles. The second-order valence-electron chi connectivity index (χ2n) is 17.2. The predicted molar refractivity (Wildman–Crippen MR) is 240 cm³/mol. The third-order valence-electron chi connectivity index (χ3n) is 13.4. The molecular weight excluding hydrogens is 807 g/mol. The standard InChI is InChI=1S/C52H49N5O7/c58-28-29-63-37-19-13-18-36(31-37)47-52(38-30-33(22-23-39(38)56-50(52)61)24-27-51(62)25-11-1-2-12-26-51)43(48(59)53-32-42-54-40-20-9-10-21-41(40)55-42)45-49(60)64-46(35-16-7-4-8-17-35)44(57(45)47)34-14-5-3-6-15-34/h3-10,13-23,30-31,43-47,58,62H,1-2,11-12,25-26,28-29,32H2,(H,53,59)(H,54,55)(H,56,61). The van der Waals surface area contributed by atoms with E-state index in [1.54, 1.807) is 12.1 Å². The molecule has 2 saturated heterocycles. The van der Waals surface area contributed by atoms with Gasteiger partial charge in [0.25, 0.3) is 0 Å². The van der Waals surface area contributed by atoms with E-state index in [4.69, 9.17) is 14.5 Å². The second kappa shape index (κ2) is 17.1. The van der Waals surface area contributed by atoms with E-state index in [0.717, 1.165) is 47.8 Å². The fourth-order valence-corrected chi connectivity index (χ4v) is 10.6. The third-order valence-corrected chi connectivity index (χ3v) is 13.4. The first kappa shape index (κ1) is 41.2.